The predicted molar refractivity (Wildman–Crippen MR) is 102 cm³/mol. The van der Waals surface area contributed by atoms with Crippen LogP contribution >= 0.6 is 11.3 Å². The zero-order chi connectivity index (χ0) is 19.4. The SMILES string of the molecule is COCc1nnc(NC(=O)c2c(C)ccn(-c3ccccc3OC)c2=O)s1. The van der Waals surface area contributed by atoms with Gasteiger partial charge < -0.3 is 9.47 Å². The van der Waals surface area contributed by atoms with Crippen molar-refractivity contribution in [2.75, 3.05) is 19.5 Å². The Morgan fingerprint density at radius 3 is 2.74 bits per heavy atom. The number of methoxy groups -OCH3 is 2. The van der Waals surface area contributed by atoms with Gasteiger partial charge in [-0.05, 0) is 30.7 Å². The van der Waals surface area contributed by atoms with Crippen LogP contribution in [0.3, 0.4) is 0 Å². The fraction of sp³-hybridized carbons (Fsp3) is 0.222. The normalized spacial score (nSPS) is 10.6. The third kappa shape index (κ3) is 3.88. The lowest BCUT2D eigenvalue weighted by Crippen LogP contribution is -2.29. The second-order valence-corrected chi connectivity index (χ2v) is 6.67. The van der Waals surface area contributed by atoms with Crippen molar-refractivity contribution < 1.29 is 14.3 Å². The second-order valence-electron chi connectivity index (χ2n) is 5.61. The molecule has 1 N–H and O–H groups in total. The van der Waals surface area contributed by atoms with E-state index in [1.165, 1.54) is 23.0 Å². The highest BCUT2D eigenvalue weighted by Crippen LogP contribution is 2.21. The molecule has 2 aromatic heterocycles. The third-order valence-corrected chi connectivity index (χ3v) is 4.64. The van der Waals surface area contributed by atoms with Crippen molar-refractivity contribution in [3.8, 4) is 11.4 Å². The quantitative estimate of drug-likeness (QED) is 0.699. The largest absolute Gasteiger partial charge is 0.495 e. The number of anilines is 1. The number of carbonyl (C=O) groups is 1. The van der Waals surface area contributed by atoms with Gasteiger partial charge in [0, 0.05) is 13.3 Å². The summed E-state index contributed by atoms with van der Waals surface area (Å²) in [5.74, 6) is -0.00925. The average molecular weight is 386 g/mol. The van der Waals surface area contributed by atoms with E-state index in [0.717, 1.165) is 0 Å². The van der Waals surface area contributed by atoms with Crippen LogP contribution in [0.5, 0.6) is 5.75 Å². The van der Waals surface area contributed by atoms with Gasteiger partial charge >= 0.3 is 0 Å². The van der Waals surface area contributed by atoms with Gasteiger partial charge in [0.2, 0.25) is 5.13 Å². The van der Waals surface area contributed by atoms with Crippen LogP contribution in [0.2, 0.25) is 0 Å². The van der Waals surface area contributed by atoms with Crippen LogP contribution in [0.15, 0.2) is 41.3 Å². The summed E-state index contributed by atoms with van der Waals surface area (Å²) in [6.07, 6.45) is 1.62. The smallest absolute Gasteiger partial charge is 0.268 e. The summed E-state index contributed by atoms with van der Waals surface area (Å²) in [6, 6.07) is 8.81. The molecule has 0 bridgehead atoms. The van der Waals surface area contributed by atoms with Gasteiger partial charge in [-0.25, -0.2) is 0 Å². The first-order valence-corrected chi connectivity index (χ1v) is 8.85. The number of rotatable bonds is 6. The van der Waals surface area contributed by atoms with Crippen LogP contribution < -0.4 is 15.6 Å². The third-order valence-electron chi connectivity index (χ3n) is 3.83. The molecule has 0 fully saturated rings. The number of nitrogens with one attached hydrogen (secondary N) is 1. The minimum absolute atomic E-state index is 0.0342. The number of hydrogen-bond donors (Lipinski definition) is 1. The van der Waals surface area contributed by atoms with Gasteiger partial charge in [-0.15, -0.1) is 10.2 Å². The second kappa shape index (κ2) is 8.11. The molecule has 140 valence electrons. The summed E-state index contributed by atoms with van der Waals surface area (Å²) in [4.78, 5) is 25.7. The molecule has 0 saturated heterocycles. The van der Waals surface area contributed by atoms with Crippen LogP contribution in [0, 0.1) is 6.92 Å². The molecule has 2 heterocycles. The van der Waals surface area contributed by atoms with Crippen LogP contribution in [-0.2, 0) is 11.3 Å². The first-order valence-electron chi connectivity index (χ1n) is 8.03. The maximum absolute atomic E-state index is 13.0. The van der Waals surface area contributed by atoms with E-state index in [2.05, 4.69) is 15.5 Å². The molecule has 3 aromatic rings. The van der Waals surface area contributed by atoms with Crippen LogP contribution in [0.4, 0.5) is 5.13 Å². The van der Waals surface area contributed by atoms with Gasteiger partial charge in [0.15, 0.2) is 0 Å². The Morgan fingerprint density at radius 1 is 1.22 bits per heavy atom. The Bertz CT molecular complexity index is 1030. The highest BCUT2D eigenvalue weighted by Gasteiger charge is 2.19. The lowest BCUT2D eigenvalue weighted by molar-refractivity contribution is 0.102. The maximum Gasteiger partial charge on any atom is 0.268 e. The molecule has 27 heavy (non-hydrogen) atoms. The van der Waals surface area contributed by atoms with Crippen molar-refractivity contribution in [3.63, 3.8) is 0 Å². The molecule has 3 rings (SSSR count). The van der Waals surface area contributed by atoms with Crippen molar-refractivity contribution in [2.24, 2.45) is 0 Å². The molecule has 0 aliphatic carbocycles. The van der Waals surface area contributed by atoms with Gasteiger partial charge in [-0.1, -0.05) is 23.5 Å². The van der Waals surface area contributed by atoms with E-state index < -0.39 is 11.5 Å². The molecule has 0 spiro atoms. The van der Waals surface area contributed by atoms with Crippen molar-refractivity contribution in [1.29, 1.82) is 0 Å². The molecular formula is C18H18N4O4S. The number of aromatic nitrogens is 3. The number of para-hydroxylation sites is 2. The summed E-state index contributed by atoms with van der Waals surface area (Å²) in [6.45, 7) is 2.01. The standard InChI is InChI=1S/C18H18N4O4S/c1-11-8-9-22(12-6-4-5-7-13(12)26-3)17(24)15(11)16(23)19-18-21-20-14(27-18)10-25-2/h4-9H,10H2,1-3H3,(H,19,21,23). The number of benzene rings is 1. The molecule has 0 radical (unpaired) electrons. The number of hydrogen-bond acceptors (Lipinski definition) is 7. The summed E-state index contributed by atoms with van der Waals surface area (Å²) in [5, 5.41) is 11.4. The first kappa shape index (κ1) is 18.7. The Hall–Kier alpha value is -3.04. The van der Waals surface area contributed by atoms with E-state index >= 15 is 0 Å². The number of nitrogens with zero attached hydrogens (tertiary/aromatic N) is 3. The Balaban J connectivity index is 1.97. The van der Waals surface area contributed by atoms with E-state index in [4.69, 9.17) is 9.47 Å². The number of amides is 1. The first-order chi connectivity index (χ1) is 13.0. The topological polar surface area (TPSA) is 95.3 Å². The van der Waals surface area contributed by atoms with Gasteiger partial charge in [0.25, 0.3) is 11.5 Å². The van der Waals surface area contributed by atoms with E-state index in [9.17, 15) is 9.59 Å². The predicted octanol–water partition coefficient (Wildman–Crippen LogP) is 2.40. The Morgan fingerprint density at radius 2 is 2.00 bits per heavy atom. The molecule has 0 saturated carbocycles. The number of ether oxygens (including phenoxy) is 2. The van der Waals surface area contributed by atoms with Crippen molar-refractivity contribution in [1.82, 2.24) is 14.8 Å². The fourth-order valence-corrected chi connectivity index (χ4v) is 3.27. The molecule has 1 aromatic carbocycles. The monoisotopic (exact) mass is 386 g/mol. The number of aryl methyl sites for hydroxylation is 1. The summed E-state index contributed by atoms with van der Waals surface area (Å²) in [5.41, 5.74) is 0.702. The van der Waals surface area contributed by atoms with E-state index in [1.54, 1.807) is 44.5 Å². The van der Waals surface area contributed by atoms with Gasteiger partial charge in [-0.3, -0.25) is 19.5 Å². The molecule has 0 unspecified atom stereocenters. The molecule has 1 amide bonds. The van der Waals surface area contributed by atoms with Crippen LogP contribution in [-0.4, -0.2) is 34.9 Å². The highest BCUT2D eigenvalue weighted by molar-refractivity contribution is 7.15. The van der Waals surface area contributed by atoms with Gasteiger partial charge in [-0.2, -0.15) is 0 Å². The van der Waals surface area contributed by atoms with Crippen molar-refractivity contribution >= 4 is 22.4 Å². The molecule has 8 nitrogen and oxygen atoms in total. The zero-order valence-electron chi connectivity index (χ0n) is 15.1. The molecule has 0 aliphatic heterocycles. The maximum atomic E-state index is 13.0. The summed E-state index contributed by atoms with van der Waals surface area (Å²) < 4.78 is 11.7. The number of carbonyl (C=O) groups excluding carboxylic acids is 1. The highest BCUT2D eigenvalue weighted by atomic mass is 32.1. The van der Waals surface area contributed by atoms with Gasteiger partial charge in [0.05, 0.1) is 12.8 Å². The molecule has 0 atom stereocenters. The van der Waals surface area contributed by atoms with E-state index in [-0.39, 0.29) is 5.56 Å². The summed E-state index contributed by atoms with van der Waals surface area (Å²) in [7, 11) is 3.08. The van der Waals surface area contributed by atoms with Crippen molar-refractivity contribution in [2.45, 2.75) is 13.5 Å². The van der Waals surface area contributed by atoms with Crippen LogP contribution in [0.25, 0.3) is 5.69 Å². The number of pyridine rings is 1. The Labute approximate surface area is 159 Å². The Kier molecular flexibility index (Phi) is 5.63. The molecule has 9 heteroatoms. The summed E-state index contributed by atoms with van der Waals surface area (Å²) >= 11 is 1.19. The molecule has 0 aliphatic rings. The van der Waals surface area contributed by atoms with Crippen LogP contribution in [0.1, 0.15) is 20.9 Å². The van der Waals surface area contributed by atoms with E-state index in [0.29, 0.717) is 33.7 Å². The fourth-order valence-electron chi connectivity index (χ4n) is 2.57. The minimum Gasteiger partial charge on any atom is -0.495 e. The zero-order valence-corrected chi connectivity index (χ0v) is 15.9. The lowest BCUT2D eigenvalue weighted by atomic mass is 10.1. The van der Waals surface area contributed by atoms with Gasteiger partial charge in [0.1, 0.15) is 22.9 Å². The molecular weight excluding hydrogens is 368 g/mol. The minimum atomic E-state index is -0.540. The lowest BCUT2D eigenvalue weighted by Gasteiger charge is -2.13. The average Bonchev–Trinajstić information content (AvgIpc) is 3.09. The van der Waals surface area contributed by atoms with E-state index in [1.807, 2.05) is 6.07 Å². The van der Waals surface area contributed by atoms with Crippen molar-refractivity contribution in [3.05, 3.63) is 63.0 Å².